The highest BCUT2D eigenvalue weighted by Gasteiger charge is 2.39. The average Bonchev–Trinajstić information content (AvgIpc) is 2.61. The average molecular weight is 362 g/mol. The molecule has 0 saturated carbocycles. The molecule has 1 aliphatic heterocycles. The number of hydrogen-bond donors (Lipinski definition) is 0. The summed E-state index contributed by atoms with van der Waals surface area (Å²) in [5, 5.41) is 8.86. The lowest BCUT2D eigenvalue weighted by molar-refractivity contribution is -0.140. The van der Waals surface area contributed by atoms with Gasteiger partial charge in [-0.25, -0.2) is 4.39 Å². The third kappa shape index (κ3) is 3.39. The zero-order chi connectivity index (χ0) is 18.9. The van der Waals surface area contributed by atoms with Crippen molar-refractivity contribution < 1.29 is 17.6 Å². The van der Waals surface area contributed by atoms with Gasteiger partial charge in [-0.1, -0.05) is 24.3 Å². The van der Waals surface area contributed by atoms with Gasteiger partial charge in [0.15, 0.2) is 5.82 Å². The third-order valence-electron chi connectivity index (χ3n) is 4.99. The van der Waals surface area contributed by atoms with Crippen LogP contribution in [0.2, 0.25) is 0 Å². The summed E-state index contributed by atoms with van der Waals surface area (Å²) in [7, 11) is 0. The summed E-state index contributed by atoms with van der Waals surface area (Å²) in [6.07, 6.45) is -3.41. The van der Waals surface area contributed by atoms with E-state index in [9.17, 15) is 17.6 Å². The molecule has 0 spiro atoms. The van der Waals surface area contributed by atoms with Crippen molar-refractivity contribution >= 4 is 5.69 Å². The van der Waals surface area contributed by atoms with Crippen LogP contribution in [0.3, 0.4) is 0 Å². The number of piperidine rings is 1. The maximum Gasteiger partial charge on any atom is 0.420 e. The Morgan fingerprint density at radius 3 is 2.31 bits per heavy atom. The van der Waals surface area contributed by atoms with Crippen molar-refractivity contribution in [2.45, 2.75) is 31.9 Å². The zero-order valence-corrected chi connectivity index (χ0v) is 14.3. The molecular weight excluding hydrogens is 344 g/mol. The van der Waals surface area contributed by atoms with E-state index in [0.29, 0.717) is 19.0 Å². The Balaban J connectivity index is 1.84. The number of aryl methyl sites for hydroxylation is 1. The molecule has 0 unspecified atom stereocenters. The van der Waals surface area contributed by atoms with Crippen LogP contribution in [0.5, 0.6) is 0 Å². The summed E-state index contributed by atoms with van der Waals surface area (Å²) in [5.74, 6) is -1.04. The second-order valence-corrected chi connectivity index (χ2v) is 6.55. The molecule has 26 heavy (non-hydrogen) atoms. The fraction of sp³-hybridized carbons (Fsp3) is 0.350. The van der Waals surface area contributed by atoms with Gasteiger partial charge in [0.05, 0.1) is 17.3 Å². The number of nitrogens with zero attached hydrogens (tertiary/aromatic N) is 2. The van der Waals surface area contributed by atoms with Gasteiger partial charge >= 0.3 is 6.18 Å². The lowest BCUT2D eigenvalue weighted by Crippen LogP contribution is -2.34. The Morgan fingerprint density at radius 2 is 1.73 bits per heavy atom. The largest absolute Gasteiger partial charge is 0.420 e. The molecule has 0 aliphatic carbocycles. The first-order valence-corrected chi connectivity index (χ1v) is 8.43. The van der Waals surface area contributed by atoms with Crippen molar-refractivity contribution in [3.8, 4) is 6.07 Å². The van der Waals surface area contributed by atoms with Crippen LogP contribution in [0.25, 0.3) is 0 Å². The van der Waals surface area contributed by atoms with Gasteiger partial charge in [-0.2, -0.15) is 18.4 Å². The molecule has 2 aromatic carbocycles. The van der Waals surface area contributed by atoms with E-state index in [1.165, 1.54) is 23.3 Å². The molecule has 0 bridgehead atoms. The second-order valence-electron chi connectivity index (χ2n) is 6.55. The molecule has 0 radical (unpaired) electrons. The van der Waals surface area contributed by atoms with Crippen molar-refractivity contribution in [1.82, 2.24) is 0 Å². The number of nitriles is 1. The van der Waals surface area contributed by atoms with Gasteiger partial charge in [0.1, 0.15) is 5.56 Å². The molecular formula is C20H18F4N2. The highest BCUT2D eigenvalue weighted by Crippen LogP contribution is 2.39. The molecule has 1 fully saturated rings. The predicted molar refractivity (Wildman–Crippen MR) is 91.5 cm³/mol. The lowest BCUT2D eigenvalue weighted by atomic mass is 9.86. The molecule has 0 N–H and O–H groups in total. The highest BCUT2D eigenvalue weighted by molar-refractivity contribution is 5.56. The van der Waals surface area contributed by atoms with Crippen molar-refractivity contribution in [2.24, 2.45) is 0 Å². The van der Waals surface area contributed by atoms with E-state index in [0.717, 1.165) is 18.9 Å². The van der Waals surface area contributed by atoms with Gasteiger partial charge in [0.25, 0.3) is 0 Å². The van der Waals surface area contributed by atoms with E-state index in [2.05, 4.69) is 6.07 Å². The first-order chi connectivity index (χ1) is 12.3. The van der Waals surface area contributed by atoms with Gasteiger partial charge in [0, 0.05) is 13.1 Å². The fourth-order valence-corrected chi connectivity index (χ4v) is 3.66. The fourth-order valence-electron chi connectivity index (χ4n) is 3.66. The summed E-state index contributed by atoms with van der Waals surface area (Å²) in [5.41, 5.74) is 0.185. The smallest absolute Gasteiger partial charge is 0.369 e. The molecule has 1 aliphatic rings. The van der Waals surface area contributed by atoms with Gasteiger partial charge in [-0.3, -0.25) is 0 Å². The van der Waals surface area contributed by atoms with Crippen LogP contribution >= 0.6 is 0 Å². The van der Waals surface area contributed by atoms with E-state index < -0.39 is 23.1 Å². The van der Waals surface area contributed by atoms with Crippen LogP contribution in [0.1, 0.15) is 41.0 Å². The molecule has 0 amide bonds. The van der Waals surface area contributed by atoms with Crippen LogP contribution in [-0.4, -0.2) is 13.1 Å². The molecule has 2 aromatic rings. The van der Waals surface area contributed by atoms with Crippen molar-refractivity contribution in [1.29, 1.82) is 5.26 Å². The minimum absolute atomic E-state index is 0.0837. The minimum Gasteiger partial charge on any atom is -0.369 e. The van der Waals surface area contributed by atoms with E-state index in [-0.39, 0.29) is 5.69 Å². The minimum atomic E-state index is -4.90. The topological polar surface area (TPSA) is 27.0 Å². The summed E-state index contributed by atoms with van der Waals surface area (Å²) >= 11 is 0. The van der Waals surface area contributed by atoms with Gasteiger partial charge in [-0.15, -0.1) is 0 Å². The Hall–Kier alpha value is -2.55. The summed E-state index contributed by atoms with van der Waals surface area (Å²) in [6.45, 7) is 2.98. The molecule has 2 nitrogen and oxygen atoms in total. The van der Waals surface area contributed by atoms with Crippen LogP contribution in [0.4, 0.5) is 23.2 Å². The van der Waals surface area contributed by atoms with E-state index in [4.69, 9.17) is 5.26 Å². The van der Waals surface area contributed by atoms with Crippen LogP contribution in [0.15, 0.2) is 36.4 Å². The number of anilines is 1. The molecule has 6 heteroatoms. The number of benzene rings is 2. The van der Waals surface area contributed by atoms with Gasteiger partial charge < -0.3 is 4.90 Å². The summed E-state index contributed by atoms with van der Waals surface area (Å²) in [4.78, 5) is 1.64. The third-order valence-corrected chi connectivity index (χ3v) is 4.99. The van der Waals surface area contributed by atoms with Crippen molar-refractivity contribution in [3.63, 3.8) is 0 Å². The zero-order valence-electron chi connectivity index (χ0n) is 14.3. The predicted octanol–water partition coefficient (Wildman–Crippen LogP) is 5.41. The normalized spacial score (nSPS) is 15.8. The van der Waals surface area contributed by atoms with Crippen molar-refractivity contribution in [3.05, 3.63) is 64.5 Å². The maximum atomic E-state index is 14.6. The summed E-state index contributed by atoms with van der Waals surface area (Å²) in [6, 6.07) is 11.8. The Labute approximate surface area is 149 Å². The quantitative estimate of drug-likeness (QED) is 0.668. The van der Waals surface area contributed by atoms with Crippen LogP contribution < -0.4 is 4.90 Å². The molecule has 136 valence electrons. The van der Waals surface area contributed by atoms with Crippen LogP contribution in [-0.2, 0) is 6.18 Å². The summed E-state index contributed by atoms with van der Waals surface area (Å²) < 4.78 is 54.1. The Morgan fingerprint density at radius 1 is 1.08 bits per heavy atom. The molecule has 1 heterocycles. The number of halogens is 4. The SMILES string of the molecule is Cc1ccccc1C1CCN(c2ccc(C#N)c(C(F)(F)F)c2F)CC1. The van der Waals surface area contributed by atoms with E-state index in [1.807, 2.05) is 25.1 Å². The number of rotatable bonds is 2. The standard InChI is InChI=1S/C20H18F4N2/c1-13-4-2-3-5-16(13)14-8-10-26(11-9-14)17-7-6-15(12-25)18(19(17)21)20(22,23)24/h2-7,14H,8-11H2,1H3. The van der Waals surface area contributed by atoms with Crippen LogP contribution in [0, 0.1) is 24.1 Å². The Kier molecular flexibility index (Phi) is 4.90. The van der Waals surface area contributed by atoms with E-state index >= 15 is 0 Å². The molecule has 0 aromatic heterocycles. The highest BCUT2D eigenvalue weighted by atomic mass is 19.4. The first-order valence-electron chi connectivity index (χ1n) is 8.43. The molecule has 1 saturated heterocycles. The number of alkyl halides is 3. The molecule has 0 atom stereocenters. The van der Waals surface area contributed by atoms with Crippen molar-refractivity contribution in [2.75, 3.05) is 18.0 Å². The second kappa shape index (κ2) is 6.99. The molecule has 3 rings (SSSR count). The lowest BCUT2D eigenvalue weighted by Gasteiger charge is -2.35. The van der Waals surface area contributed by atoms with Gasteiger partial charge in [-0.05, 0) is 48.9 Å². The Bertz CT molecular complexity index is 844. The monoisotopic (exact) mass is 362 g/mol. The van der Waals surface area contributed by atoms with Gasteiger partial charge in [0.2, 0.25) is 0 Å². The first kappa shape index (κ1) is 18.2. The number of hydrogen-bond acceptors (Lipinski definition) is 2. The van der Waals surface area contributed by atoms with E-state index in [1.54, 1.807) is 4.90 Å². The maximum absolute atomic E-state index is 14.6.